The van der Waals surface area contributed by atoms with Crippen LogP contribution in [0.4, 0.5) is 5.82 Å². The second-order valence-corrected chi connectivity index (χ2v) is 4.98. The first-order valence-corrected chi connectivity index (χ1v) is 6.73. The molecule has 0 saturated heterocycles. The van der Waals surface area contributed by atoms with Crippen molar-refractivity contribution in [3.05, 3.63) is 71.5 Å². The fourth-order valence-corrected chi connectivity index (χ4v) is 2.38. The van der Waals surface area contributed by atoms with Gasteiger partial charge in [0.05, 0.1) is 17.9 Å². The predicted octanol–water partition coefficient (Wildman–Crippen LogP) is 3.83. The van der Waals surface area contributed by atoms with Gasteiger partial charge in [-0.1, -0.05) is 60.1 Å². The van der Waals surface area contributed by atoms with Crippen LogP contribution in [0.5, 0.6) is 0 Å². The van der Waals surface area contributed by atoms with E-state index in [9.17, 15) is 0 Å². The van der Waals surface area contributed by atoms with Gasteiger partial charge in [-0.2, -0.15) is 0 Å². The van der Waals surface area contributed by atoms with Gasteiger partial charge in [0, 0.05) is 5.56 Å². The summed E-state index contributed by atoms with van der Waals surface area (Å²) in [5, 5.41) is 0.657. The Kier molecular flexibility index (Phi) is 3.44. The van der Waals surface area contributed by atoms with E-state index in [2.05, 4.69) is 17.1 Å². The molecule has 3 aromatic rings. The molecule has 0 aliphatic rings. The molecule has 0 saturated carbocycles. The fraction of sp³-hybridized carbons (Fsp3) is 0.0625. The van der Waals surface area contributed by atoms with Crippen LogP contribution in [0.25, 0.3) is 11.3 Å². The molecular formula is C16H14ClN3. The molecule has 20 heavy (non-hydrogen) atoms. The molecule has 0 radical (unpaired) electrons. The first kappa shape index (κ1) is 12.8. The molecule has 0 amide bonds. The molecule has 0 unspecified atom stereocenters. The smallest absolute Gasteiger partial charge is 0.131 e. The number of nitrogen functional groups attached to an aromatic ring is 1. The van der Waals surface area contributed by atoms with Crippen LogP contribution in [0.1, 0.15) is 5.56 Å². The van der Waals surface area contributed by atoms with Gasteiger partial charge in [0.25, 0.3) is 0 Å². The molecule has 0 spiro atoms. The summed E-state index contributed by atoms with van der Waals surface area (Å²) in [6, 6.07) is 17.7. The van der Waals surface area contributed by atoms with Crippen LogP contribution in [0.3, 0.4) is 0 Å². The highest BCUT2D eigenvalue weighted by atomic mass is 35.5. The molecule has 0 atom stereocenters. The number of hydrogen-bond donors (Lipinski definition) is 1. The molecule has 0 aliphatic carbocycles. The summed E-state index contributed by atoms with van der Waals surface area (Å²) < 4.78 is 1.92. The van der Waals surface area contributed by atoms with Crippen molar-refractivity contribution in [2.75, 3.05) is 5.73 Å². The Morgan fingerprint density at radius 2 is 1.70 bits per heavy atom. The van der Waals surface area contributed by atoms with Gasteiger partial charge in [-0.3, -0.25) is 0 Å². The van der Waals surface area contributed by atoms with Crippen LogP contribution in [-0.2, 0) is 6.54 Å². The number of benzene rings is 2. The molecular weight excluding hydrogens is 270 g/mol. The Hall–Kier alpha value is -2.26. The van der Waals surface area contributed by atoms with E-state index in [1.807, 2.05) is 47.0 Å². The van der Waals surface area contributed by atoms with Gasteiger partial charge in [0.2, 0.25) is 0 Å². The SMILES string of the molecule is Nc1c(-c2ccccc2Cl)ncn1Cc1ccccc1. The molecule has 2 aromatic carbocycles. The zero-order valence-electron chi connectivity index (χ0n) is 10.8. The zero-order valence-corrected chi connectivity index (χ0v) is 11.6. The maximum Gasteiger partial charge on any atom is 0.131 e. The minimum absolute atomic E-state index is 0.627. The number of rotatable bonds is 3. The van der Waals surface area contributed by atoms with Gasteiger partial charge < -0.3 is 10.3 Å². The maximum absolute atomic E-state index is 6.20. The van der Waals surface area contributed by atoms with E-state index in [-0.39, 0.29) is 0 Å². The lowest BCUT2D eigenvalue weighted by Gasteiger charge is -2.06. The third-order valence-electron chi connectivity index (χ3n) is 3.20. The number of aromatic nitrogens is 2. The Morgan fingerprint density at radius 3 is 2.45 bits per heavy atom. The molecule has 1 heterocycles. The van der Waals surface area contributed by atoms with Crippen molar-refractivity contribution in [2.45, 2.75) is 6.54 Å². The fourth-order valence-electron chi connectivity index (χ4n) is 2.16. The summed E-state index contributed by atoms with van der Waals surface area (Å²) in [6.07, 6.45) is 1.75. The molecule has 0 bridgehead atoms. The van der Waals surface area contributed by atoms with E-state index in [0.717, 1.165) is 11.3 Å². The summed E-state index contributed by atoms with van der Waals surface area (Å²) in [4.78, 5) is 4.40. The Morgan fingerprint density at radius 1 is 1.00 bits per heavy atom. The van der Waals surface area contributed by atoms with Gasteiger partial charge in [0.15, 0.2) is 0 Å². The number of halogens is 1. The number of anilines is 1. The minimum Gasteiger partial charge on any atom is -0.383 e. The normalized spacial score (nSPS) is 10.7. The summed E-state index contributed by atoms with van der Waals surface area (Å²) in [7, 11) is 0. The van der Waals surface area contributed by atoms with Crippen molar-refractivity contribution in [1.29, 1.82) is 0 Å². The van der Waals surface area contributed by atoms with Crippen molar-refractivity contribution in [3.8, 4) is 11.3 Å². The van der Waals surface area contributed by atoms with E-state index in [4.69, 9.17) is 17.3 Å². The number of nitrogens with zero attached hydrogens (tertiary/aromatic N) is 2. The van der Waals surface area contributed by atoms with Gasteiger partial charge in [-0.05, 0) is 11.6 Å². The predicted molar refractivity (Wildman–Crippen MR) is 82.6 cm³/mol. The highest BCUT2D eigenvalue weighted by Gasteiger charge is 2.12. The summed E-state index contributed by atoms with van der Waals surface area (Å²) >= 11 is 6.20. The third kappa shape index (κ3) is 2.40. The maximum atomic E-state index is 6.20. The molecule has 3 rings (SSSR count). The molecule has 0 aliphatic heterocycles. The van der Waals surface area contributed by atoms with Crippen LogP contribution < -0.4 is 5.73 Å². The lowest BCUT2D eigenvalue weighted by Crippen LogP contribution is -2.03. The van der Waals surface area contributed by atoms with Gasteiger partial charge in [-0.15, -0.1) is 0 Å². The Bertz CT molecular complexity index is 720. The largest absolute Gasteiger partial charge is 0.383 e. The van der Waals surface area contributed by atoms with Gasteiger partial charge >= 0.3 is 0 Å². The van der Waals surface area contributed by atoms with Crippen molar-refractivity contribution in [2.24, 2.45) is 0 Å². The van der Waals surface area contributed by atoms with Crippen molar-refractivity contribution < 1.29 is 0 Å². The van der Waals surface area contributed by atoms with Crippen molar-refractivity contribution >= 4 is 17.4 Å². The topological polar surface area (TPSA) is 43.8 Å². The van der Waals surface area contributed by atoms with Crippen molar-refractivity contribution in [3.63, 3.8) is 0 Å². The molecule has 100 valence electrons. The van der Waals surface area contributed by atoms with Crippen LogP contribution in [-0.4, -0.2) is 9.55 Å². The van der Waals surface area contributed by atoms with Crippen LogP contribution in [0.2, 0.25) is 5.02 Å². The van der Waals surface area contributed by atoms with E-state index in [1.54, 1.807) is 6.33 Å². The summed E-state index contributed by atoms with van der Waals surface area (Å²) in [5.74, 6) is 0.627. The average molecular weight is 284 g/mol. The average Bonchev–Trinajstić information content (AvgIpc) is 2.82. The Balaban J connectivity index is 1.95. The molecule has 1 aromatic heterocycles. The van der Waals surface area contributed by atoms with Crippen LogP contribution in [0, 0.1) is 0 Å². The lowest BCUT2D eigenvalue weighted by atomic mass is 10.1. The zero-order chi connectivity index (χ0) is 13.9. The van der Waals surface area contributed by atoms with E-state index in [0.29, 0.717) is 17.4 Å². The second kappa shape index (κ2) is 5.39. The lowest BCUT2D eigenvalue weighted by molar-refractivity contribution is 0.808. The monoisotopic (exact) mass is 283 g/mol. The van der Waals surface area contributed by atoms with Gasteiger partial charge in [0.1, 0.15) is 11.5 Å². The highest BCUT2D eigenvalue weighted by Crippen LogP contribution is 2.30. The van der Waals surface area contributed by atoms with E-state index >= 15 is 0 Å². The van der Waals surface area contributed by atoms with Gasteiger partial charge in [-0.25, -0.2) is 4.98 Å². The Labute approximate surface area is 122 Å². The van der Waals surface area contributed by atoms with Crippen LogP contribution >= 0.6 is 11.6 Å². The number of nitrogens with two attached hydrogens (primary N) is 1. The third-order valence-corrected chi connectivity index (χ3v) is 3.53. The van der Waals surface area contributed by atoms with Crippen LogP contribution in [0.15, 0.2) is 60.9 Å². The molecule has 0 fully saturated rings. The highest BCUT2D eigenvalue weighted by molar-refractivity contribution is 6.33. The second-order valence-electron chi connectivity index (χ2n) is 4.57. The van der Waals surface area contributed by atoms with E-state index in [1.165, 1.54) is 5.56 Å². The molecule has 2 N–H and O–H groups in total. The quantitative estimate of drug-likeness (QED) is 0.794. The minimum atomic E-state index is 0.627. The molecule has 3 nitrogen and oxygen atoms in total. The first-order valence-electron chi connectivity index (χ1n) is 6.35. The standard InChI is InChI=1S/C16H14ClN3/c17-14-9-5-4-8-13(14)15-16(18)20(11-19-15)10-12-6-2-1-3-7-12/h1-9,11H,10,18H2. The van der Waals surface area contributed by atoms with E-state index < -0.39 is 0 Å². The first-order chi connectivity index (χ1) is 9.75. The number of imidazole rings is 1. The number of hydrogen-bond acceptors (Lipinski definition) is 2. The van der Waals surface area contributed by atoms with Crippen molar-refractivity contribution in [1.82, 2.24) is 9.55 Å². The molecule has 4 heteroatoms. The summed E-state index contributed by atoms with van der Waals surface area (Å²) in [5.41, 5.74) is 8.96. The summed E-state index contributed by atoms with van der Waals surface area (Å²) in [6.45, 7) is 0.699.